The summed E-state index contributed by atoms with van der Waals surface area (Å²) < 4.78 is 0. The van der Waals surface area contributed by atoms with Gasteiger partial charge in [-0.2, -0.15) is 0 Å². The van der Waals surface area contributed by atoms with E-state index in [-0.39, 0.29) is 5.92 Å². The number of hydrogen-bond donors (Lipinski definition) is 1. The zero-order chi connectivity index (χ0) is 14.4. The van der Waals surface area contributed by atoms with Gasteiger partial charge in [0.05, 0.1) is 5.92 Å². The van der Waals surface area contributed by atoms with E-state index in [9.17, 15) is 4.79 Å². The van der Waals surface area contributed by atoms with Gasteiger partial charge in [0, 0.05) is 0 Å². The van der Waals surface area contributed by atoms with E-state index in [4.69, 9.17) is 5.11 Å². The van der Waals surface area contributed by atoms with E-state index < -0.39 is 5.97 Å². The zero-order valence-corrected chi connectivity index (χ0v) is 12.5. The van der Waals surface area contributed by atoms with Gasteiger partial charge in [-0.3, -0.25) is 4.79 Å². The molecular weight excluding hydrogens is 248 g/mol. The summed E-state index contributed by atoms with van der Waals surface area (Å²) in [5.74, 6) is -0.162. The van der Waals surface area contributed by atoms with Crippen LogP contribution in [0.3, 0.4) is 0 Å². The van der Waals surface area contributed by atoms with E-state index >= 15 is 0 Å². The molecule has 1 N–H and O–H groups in total. The number of carbonyl (C=O) groups is 1. The van der Waals surface area contributed by atoms with E-state index in [1.807, 2.05) is 0 Å². The summed E-state index contributed by atoms with van der Waals surface area (Å²) in [4.78, 5) is 11.0. The molecule has 2 rings (SSSR count). The molecule has 0 heterocycles. The fraction of sp³-hybridized carbons (Fsp3) is 0.611. The molecule has 0 radical (unpaired) electrons. The molecule has 0 unspecified atom stereocenters. The summed E-state index contributed by atoms with van der Waals surface area (Å²) >= 11 is 0. The first-order valence-electron chi connectivity index (χ1n) is 8.02. The summed E-state index contributed by atoms with van der Waals surface area (Å²) in [5.41, 5.74) is 2.83. The van der Waals surface area contributed by atoms with E-state index in [2.05, 4.69) is 31.2 Å². The molecule has 1 aliphatic rings. The second kappa shape index (κ2) is 7.47. The number of carboxylic acids is 1. The highest BCUT2D eigenvalue weighted by Crippen LogP contribution is 2.35. The van der Waals surface area contributed by atoms with Gasteiger partial charge in [0.1, 0.15) is 0 Å². The SMILES string of the molecule is CCCCCc1ccc(C2CCC(C(=O)O)CC2)cc1. The van der Waals surface area contributed by atoms with Crippen molar-refractivity contribution >= 4 is 5.97 Å². The number of benzene rings is 1. The highest BCUT2D eigenvalue weighted by molar-refractivity contribution is 5.70. The Kier molecular flexibility index (Phi) is 5.63. The van der Waals surface area contributed by atoms with Gasteiger partial charge in [0.25, 0.3) is 0 Å². The summed E-state index contributed by atoms with van der Waals surface area (Å²) in [5, 5.41) is 9.03. The molecule has 1 aliphatic carbocycles. The number of aryl methyl sites for hydroxylation is 1. The average molecular weight is 274 g/mol. The van der Waals surface area contributed by atoms with Crippen molar-refractivity contribution in [3.8, 4) is 0 Å². The van der Waals surface area contributed by atoms with Crippen molar-refractivity contribution in [3.63, 3.8) is 0 Å². The summed E-state index contributed by atoms with van der Waals surface area (Å²) in [6.07, 6.45) is 8.74. The van der Waals surface area contributed by atoms with E-state index in [0.29, 0.717) is 5.92 Å². The van der Waals surface area contributed by atoms with Crippen LogP contribution in [-0.2, 0) is 11.2 Å². The fourth-order valence-corrected chi connectivity index (χ4v) is 3.21. The minimum atomic E-state index is -0.616. The minimum absolute atomic E-state index is 0.112. The Hall–Kier alpha value is -1.31. The Morgan fingerprint density at radius 1 is 1.10 bits per heavy atom. The maximum atomic E-state index is 11.0. The molecule has 2 nitrogen and oxygen atoms in total. The summed E-state index contributed by atoms with van der Waals surface area (Å²) in [6.45, 7) is 2.23. The van der Waals surface area contributed by atoms with Crippen molar-refractivity contribution in [2.75, 3.05) is 0 Å². The number of carboxylic acid groups (broad SMARTS) is 1. The molecule has 1 fully saturated rings. The van der Waals surface area contributed by atoms with Crippen molar-refractivity contribution in [1.82, 2.24) is 0 Å². The van der Waals surface area contributed by atoms with E-state index in [0.717, 1.165) is 25.7 Å². The van der Waals surface area contributed by atoms with Crippen LogP contribution in [0.2, 0.25) is 0 Å². The van der Waals surface area contributed by atoms with Gasteiger partial charge in [-0.15, -0.1) is 0 Å². The van der Waals surface area contributed by atoms with Crippen LogP contribution in [-0.4, -0.2) is 11.1 Å². The van der Waals surface area contributed by atoms with Gasteiger partial charge in [-0.25, -0.2) is 0 Å². The third-order valence-electron chi connectivity index (χ3n) is 4.60. The van der Waals surface area contributed by atoms with Gasteiger partial charge < -0.3 is 5.11 Å². The first-order valence-corrected chi connectivity index (χ1v) is 8.02. The fourth-order valence-electron chi connectivity index (χ4n) is 3.21. The van der Waals surface area contributed by atoms with Crippen molar-refractivity contribution in [2.45, 2.75) is 64.2 Å². The van der Waals surface area contributed by atoms with Crippen LogP contribution in [0.4, 0.5) is 0 Å². The lowest BCUT2D eigenvalue weighted by molar-refractivity contribution is -0.142. The van der Waals surface area contributed by atoms with Gasteiger partial charge in [0.2, 0.25) is 0 Å². The largest absolute Gasteiger partial charge is 0.481 e. The number of aliphatic carboxylic acids is 1. The lowest BCUT2D eigenvalue weighted by Crippen LogP contribution is -2.20. The first-order chi connectivity index (χ1) is 9.70. The Morgan fingerprint density at radius 3 is 2.30 bits per heavy atom. The second-order valence-electron chi connectivity index (χ2n) is 6.09. The molecule has 2 heteroatoms. The van der Waals surface area contributed by atoms with Crippen LogP contribution in [0.15, 0.2) is 24.3 Å². The summed E-state index contributed by atoms with van der Waals surface area (Å²) in [7, 11) is 0. The monoisotopic (exact) mass is 274 g/mol. The van der Waals surface area contributed by atoms with Crippen molar-refractivity contribution in [3.05, 3.63) is 35.4 Å². The van der Waals surface area contributed by atoms with Crippen LogP contribution in [0.25, 0.3) is 0 Å². The number of unbranched alkanes of at least 4 members (excludes halogenated alkanes) is 2. The van der Waals surface area contributed by atoms with Crippen LogP contribution >= 0.6 is 0 Å². The molecule has 0 saturated heterocycles. The highest BCUT2D eigenvalue weighted by atomic mass is 16.4. The lowest BCUT2D eigenvalue weighted by atomic mass is 9.78. The Bertz CT molecular complexity index is 414. The molecular formula is C18H26O2. The first kappa shape index (κ1) is 15.1. The molecule has 1 aromatic rings. The van der Waals surface area contributed by atoms with Crippen molar-refractivity contribution in [2.24, 2.45) is 5.92 Å². The summed E-state index contributed by atoms with van der Waals surface area (Å²) in [6, 6.07) is 9.03. The smallest absolute Gasteiger partial charge is 0.306 e. The van der Waals surface area contributed by atoms with Gasteiger partial charge in [0.15, 0.2) is 0 Å². The number of rotatable bonds is 6. The molecule has 0 aliphatic heterocycles. The van der Waals surface area contributed by atoms with Crippen LogP contribution < -0.4 is 0 Å². The zero-order valence-electron chi connectivity index (χ0n) is 12.5. The average Bonchev–Trinajstić information content (AvgIpc) is 2.48. The third kappa shape index (κ3) is 4.09. The second-order valence-corrected chi connectivity index (χ2v) is 6.09. The van der Waals surface area contributed by atoms with Gasteiger partial charge in [-0.05, 0) is 55.6 Å². The normalized spacial score (nSPS) is 22.6. The van der Waals surface area contributed by atoms with E-state index in [1.165, 1.54) is 36.8 Å². The Morgan fingerprint density at radius 2 is 1.75 bits per heavy atom. The standard InChI is InChI=1S/C18H26O2/c1-2-3-4-5-14-6-8-15(9-7-14)16-10-12-17(13-11-16)18(19)20/h6-9,16-17H,2-5,10-13H2,1H3,(H,19,20). The molecule has 20 heavy (non-hydrogen) atoms. The Balaban J connectivity index is 1.86. The molecule has 0 atom stereocenters. The van der Waals surface area contributed by atoms with Crippen molar-refractivity contribution in [1.29, 1.82) is 0 Å². The lowest BCUT2D eigenvalue weighted by Gasteiger charge is -2.26. The Labute approximate surface area is 122 Å². The third-order valence-corrected chi connectivity index (χ3v) is 4.60. The molecule has 0 spiro atoms. The minimum Gasteiger partial charge on any atom is -0.481 e. The van der Waals surface area contributed by atoms with Crippen LogP contribution in [0, 0.1) is 5.92 Å². The maximum Gasteiger partial charge on any atom is 0.306 e. The van der Waals surface area contributed by atoms with Gasteiger partial charge in [-0.1, -0.05) is 44.0 Å². The molecule has 110 valence electrons. The highest BCUT2D eigenvalue weighted by Gasteiger charge is 2.26. The molecule has 0 bridgehead atoms. The topological polar surface area (TPSA) is 37.3 Å². The molecule has 1 aromatic carbocycles. The van der Waals surface area contributed by atoms with Crippen LogP contribution in [0.5, 0.6) is 0 Å². The quantitative estimate of drug-likeness (QED) is 0.758. The predicted octanol–water partition coefficient (Wildman–Crippen LogP) is 4.78. The van der Waals surface area contributed by atoms with Crippen molar-refractivity contribution < 1.29 is 9.90 Å². The molecule has 1 saturated carbocycles. The van der Waals surface area contributed by atoms with Crippen LogP contribution in [0.1, 0.15) is 68.9 Å². The number of hydrogen-bond acceptors (Lipinski definition) is 1. The van der Waals surface area contributed by atoms with E-state index in [1.54, 1.807) is 0 Å². The molecule has 0 aromatic heterocycles. The predicted molar refractivity (Wildman–Crippen MR) is 82.0 cm³/mol. The van der Waals surface area contributed by atoms with Gasteiger partial charge >= 0.3 is 5.97 Å². The molecule has 0 amide bonds. The maximum absolute atomic E-state index is 11.0.